The second-order valence-electron chi connectivity index (χ2n) is 5.28. The number of aliphatic hydroxyl groups excluding tert-OH is 3. The molecule has 0 fully saturated rings. The van der Waals surface area contributed by atoms with Crippen molar-refractivity contribution >= 4 is 0 Å². The number of pyridine rings is 2. The number of hydrogen-bond donors (Lipinski definition) is 3. The predicted molar refractivity (Wildman–Crippen MR) is 83.3 cm³/mol. The molecule has 2 rings (SSSR count). The Morgan fingerprint density at radius 1 is 0.870 bits per heavy atom. The number of ether oxygens (including phenoxy) is 1. The van der Waals surface area contributed by atoms with E-state index in [4.69, 9.17) is 14.9 Å². The third kappa shape index (κ3) is 5.69. The van der Waals surface area contributed by atoms with Crippen LogP contribution in [-0.2, 0) is 17.8 Å². The van der Waals surface area contributed by atoms with Crippen LogP contribution in [-0.4, -0.2) is 47.9 Å². The second kappa shape index (κ2) is 9.32. The molecule has 0 aromatic carbocycles. The maximum absolute atomic E-state index is 9.44. The molecule has 0 saturated carbocycles. The Balaban J connectivity index is 1.93. The quantitative estimate of drug-likeness (QED) is 0.421. The molecule has 0 bridgehead atoms. The van der Waals surface area contributed by atoms with Crippen LogP contribution in [0.2, 0.25) is 0 Å². The summed E-state index contributed by atoms with van der Waals surface area (Å²) in [5, 5.41) is 26.9. The maximum Gasteiger partial charge on any atom is 0.176 e. The lowest BCUT2D eigenvalue weighted by Crippen LogP contribution is -2.40. The van der Waals surface area contributed by atoms with E-state index in [2.05, 4.69) is 0 Å². The van der Waals surface area contributed by atoms with Crippen molar-refractivity contribution in [1.82, 2.24) is 0 Å². The number of rotatable bonds is 9. The van der Waals surface area contributed by atoms with Crippen molar-refractivity contribution in [3.8, 4) is 11.1 Å². The van der Waals surface area contributed by atoms with Gasteiger partial charge in [0.1, 0.15) is 12.7 Å². The van der Waals surface area contributed by atoms with Gasteiger partial charge in [0.25, 0.3) is 0 Å². The van der Waals surface area contributed by atoms with Gasteiger partial charge in [-0.15, -0.1) is 0 Å². The Morgan fingerprint density at radius 2 is 1.43 bits per heavy atom. The zero-order chi connectivity index (χ0) is 16.5. The van der Waals surface area contributed by atoms with E-state index in [1.54, 1.807) is 0 Å². The first-order valence-electron chi connectivity index (χ1n) is 7.69. The van der Waals surface area contributed by atoms with Gasteiger partial charge in [0.05, 0.1) is 19.8 Å². The number of hydrogen-bond acceptors (Lipinski definition) is 4. The number of aliphatic hydroxyl groups is 3. The summed E-state index contributed by atoms with van der Waals surface area (Å²) in [5.41, 5.74) is 2.19. The van der Waals surface area contributed by atoms with E-state index < -0.39 is 6.10 Å². The van der Waals surface area contributed by atoms with E-state index >= 15 is 0 Å². The molecule has 0 spiro atoms. The second-order valence-corrected chi connectivity index (χ2v) is 5.28. The average molecular weight is 320 g/mol. The average Bonchev–Trinajstić information content (AvgIpc) is 2.60. The third-order valence-corrected chi connectivity index (χ3v) is 3.48. The predicted octanol–water partition coefficient (Wildman–Crippen LogP) is -0.709. The van der Waals surface area contributed by atoms with E-state index in [-0.39, 0.29) is 13.2 Å². The molecule has 124 valence electrons. The molecule has 1 atom stereocenters. The topological polar surface area (TPSA) is 77.7 Å². The van der Waals surface area contributed by atoms with Gasteiger partial charge in [0, 0.05) is 24.3 Å². The largest absolute Gasteiger partial charge is 0.394 e. The van der Waals surface area contributed by atoms with Crippen molar-refractivity contribution in [2.75, 3.05) is 26.4 Å². The highest BCUT2D eigenvalue weighted by Crippen LogP contribution is 2.15. The van der Waals surface area contributed by atoms with Gasteiger partial charge in [0.2, 0.25) is 0 Å². The molecule has 23 heavy (non-hydrogen) atoms. The molecule has 3 N–H and O–H groups in total. The molecule has 0 amide bonds. The lowest BCUT2D eigenvalue weighted by atomic mass is 10.1. The molecular formula is C17H24N2O4+2. The molecule has 1 unspecified atom stereocenters. The molecule has 2 aromatic heterocycles. The molecule has 2 aromatic rings. The van der Waals surface area contributed by atoms with Crippen LogP contribution in [0.25, 0.3) is 11.1 Å². The van der Waals surface area contributed by atoms with Crippen molar-refractivity contribution in [3.05, 3.63) is 49.1 Å². The summed E-state index contributed by atoms with van der Waals surface area (Å²) in [4.78, 5) is 0. The maximum atomic E-state index is 9.44. The molecule has 0 saturated heterocycles. The zero-order valence-electron chi connectivity index (χ0n) is 13.1. The summed E-state index contributed by atoms with van der Waals surface area (Å²) in [5.74, 6) is 0. The van der Waals surface area contributed by atoms with E-state index in [1.807, 2.05) is 58.2 Å². The highest BCUT2D eigenvalue weighted by Gasteiger charge is 2.10. The lowest BCUT2D eigenvalue weighted by molar-refractivity contribution is -0.703. The standard InChI is InChI=1S/C17H24N2O4/c20-10-12-23-11-9-18-5-1-15(2-6-18)16-3-7-19(8-4-16)13-17(22)14-21/h1-8,17,20-22H,9-14H2/q+2. The first-order chi connectivity index (χ1) is 11.2. The Bertz CT molecular complexity index is 572. The van der Waals surface area contributed by atoms with Crippen LogP contribution in [0.4, 0.5) is 0 Å². The van der Waals surface area contributed by atoms with Gasteiger partial charge >= 0.3 is 0 Å². The Labute approximate surface area is 135 Å². The molecule has 2 heterocycles. The van der Waals surface area contributed by atoms with Gasteiger partial charge in [-0.3, -0.25) is 0 Å². The van der Waals surface area contributed by atoms with E-state index in [9.17, 15) is 5.11 Å². The molecule has 0 radical (unpaired) electrons. The summed E-state index contributed by atoms with van der Waals surface area (Å²) < 4.78 is 9.11. The van der Waals surface area contributed by atoms with Gasteiger partial charge < -0.3 is 20.1 Å². The van der Waals surface area contributed by atoms with Crippen molar-refractivity contribution in [2.45, 2.75) is 19.2 Å². The normalized spacial score (nSPS) is 12.3. The minimum Gasteiger partial charge on any atom is -0.394 e. The first kappa shape index (κ1) is 17.5. The third-order valence-electron chi connectivity index (χ3n) is 3.48. The molecule has 0 aliphatic carbocycles. The summed E-state index contributed by atoms with van der Waals surface area (Å²) in [6, 6.07) is 8.03. The highest BCUT2D eigenvalue weighted by molar-refractivity contribution is 5.60. The van der Waals surface area contributed by atoms with Crippen LogP contribution in [0.5, 0.6) is 0 Å². The Kier molecular flexibility index (Phi) is 7.09. The molecule has 0 aliphatic rings. The monoisotopic (exact) mass is 320 g/mol. The lowest BCUT2D eigenvalue weighted by Gasteiger charge is -2.04. The van der Waals surface area contributed by atoms with Gasteiger partial charge in [0.15, 0.2) is 37.9 Å². The van der Waals surface area contributed by atoms with E-state index in [0.717, 1.165) is 17.7 Å². The van der Waals surface area contributed by atoms with Crippen LogP contribution in [0, 0.1) is 0 Å². The highest BCUT2D eigenvalue weighted by atomic mass is 16.5. The van der Waals surface area contributed by atoms with Gasteiger partial charge in [-0.05, 0) is 11.1 Å². The summed E-state index contributed by atoms with van der Waals surface area (Å²) in [7, 11) is 0. The van der Waals surface area contributed by atoms with Crippen LogP contribution in [0.1, 0.15) is 0 Å². The van der Waals surface area contributed by atoms with Crippen molar-refractivity contribution < 1.29 is 29.2 Å². The van der Waals surface area contributed by atoms with Crippen LogP contribution in [0.3, 0.4) is 0 Å². The van der Waals surface area contributed by atoms with Crippen molar-refractivity contribution in [1.29, 1.82) is 0 Å². The zero-order valence-corrected chi connectivity index (χ0v) is 13.1. The minimum atomic E-state index is -0.741. The number of aromatic nitrogens is 2. The fourth-order valence-corrected chi connectivity index (χ4v) is 2.21. The molecule has 6 nitrogen and oxygen atoms in total. The molecule has 6 heteroatoms. The Hall–Kier alpha value is -1.86. The van der Waals surface area contributed by atoms with E-state index in [1.165, 1.54) is 0 Å². The fourth-order valence-electron chi connectivity index (χ4n) is 2.21. The first-order valence-corrected chi connectivity index (χ1v) is 7.69. The van der Waals surface area contributed by atoms with Crippen LogP contribution in [0.15, 0.2) is 49.1 Å². The van der Waals surface area contributed by atoms with Gasteiger partial charge in [-0.25, -0.2) is 9.13 Å². The summed E-state index contributed by atoms with van der Waals surface area (Å²) in [6.07, 6.45) is 7.02. The fraction of sp³-hybridized carbons (Fsp3) is 0.412. The summed E-state index contributed by atoms with van der Waals surface area (Å²) >= 11 is 0. The van der Waals surface area contributed by atoms with Crippen LogP contribution < -0.4 is 9.13 Å². The number of nitrogens with zero attached hydrogens (tertiary/aromatic N) is 2. The molecular weight excluding hydrogens is 296 g/mol. The minimum absolute atomic E-state index is 0.0486. The van der Waals surface area contributed by atoms with Gasteiger partial charge in [-0.2, -0.15) is 0 Å². The van der Waals surface area contributed by atoms with Crippen LogP contribution >= 0.6 is 0 Å². The van der Waals surface area contributed by atoms with Crippen molar-refractivity contribution in [2.24, 2.45) is 0 Å². The van der Waals surface area contributed by atoms with E-state index in [0.29, 0.717) is 19.8 Å². The molecule has 0 aliphatic heterocycles. The SMILES string of the molecule is OCCOCC[n+]1ccc(-c2cc[n+](CC(O)CO)cc2)cc1. The summed E-state index contributed by atoms with van der Waals surface area (Å²) in [6.45, 7) is 1.87. The van der Waals surface area contributed by atoms with Crippen molar-refractivity contribution in [3.63, 3.8) is 0 Å². The smallest absolute Gasteiger partial charge is 0.176 e. The van der Waals surface area contributed by atoms with Gasteiger partial charge in [-0.1, -0.05) is 0 Å². The Morgan fingerprint density at radius 3 is 1.96 bits per heavy atom.